The molecule has 0 amide bonds. The standard InChI is InChI=1S/C16H13NS/c1-11-13-7-4-5-12(9-17)15(13)10-18-16-8-3-2-6-14(11)16/h2-8,11H,10H2,1H3/t11-/m1/s1. The van der Waals surface area contributed by atoms with E-state index in [0.717, 1.165) is 11.3 Å². The highest BCUT2D eigenvalue weighted by atomic mass is 32.2. The molecule has 0 spiro atoms. The summed E-state index contributed by atoms with van der Waals surface area (Å²) in [5.74, 6) is 1.25. The molecule has 1 heterocycles. The number of rotatable bonds is 0. The minimum absolute atomic E-state index is 0.361. The maximum absolute atomic E-state index is 9.23. The summed E-state index contributed by atoms with van der Waals surface area (Å²) in [6.07, 6.45) is 0. The number of thioether (sulfide) groups is 1. The van der Waals surface area contributed by atoms with Gasteiger partial charge in [0.1, 0.15) is 0 Å². The van der Waals surface area contributed by atoms with Gasteiger partial charge in [0.2, 0.25) is 0 Å². The number of hydrogen-bond acceptors (Lipinski definition) is 2. The fourth-order valence-electron chi connectivity index (χ4n) is 2.56. The van der Waals surface area contributed by atoms with Gasteiger partial charge in [-0.05, 0) is 28.8 Å². The van der Waals surface area contributed by atoms with Crippen LogP contribution in [0.5, 0.6) is 0 Å². The molecular weight excluding hydrogens is 238 g/mol. The molecule has 18 heavy (non-hydrogen) atoms. The maximum Gasteiger partial charge on any atom is 0.0994 e. The molecule has 88 valence electrons. The van der Waals surface area contributed by atoms with E-state index >= 15 is 0 Å². The highest BCUT2D eigenvalue weighted by Gasteiger charge is 2.21. The Balaban J connectivity index is 2.21. The van der Waals surface area contributed by atoms with Crippen LogP contribution in [0.3, 0.4) is 0 Å². The van der Waals surface area contributed by atoms with Gasteiger partial charge in [-0.15, -0.1) is 11.8 Å². The van der Waals surface area contributed by atoms with Crippen LogP contribution in [0.25, 0.3) is 0 Å². The van der Waals surface area contributed by atoms with Crippen molar-refractivity contribution in [3.8, 4) is 6.07 Å². The van der Waals surface area contributed by atoms with Crippen LogP contribution in [0.15, 0.2) is 47.4 Å². The first-order valence-corrected chi connectivity index (χ1v) is 7.03. The van der Waals surface area contributed by atoms with E-state index in [2.05, 4.69) is 43.3 Å². The Morgan fingerprint density at radius 2 is 1.89 bits per heavy atom. The third kappa shape index (κ3) is 1.72. The lowest BCUT2D eigenvalue weighted by Crippen LogP contribution is -2.00. The van der Waals surface area contributed by atoms with E-state index in [4.69, 9.17) is 0 Å². The number of benzene rings is 2. The van der Waals surface area contributed by atoms with Crippen molar-refractivity contribution in [2.24, 2.45) is 0 Å². The Labute approximate surface area is 111 Å². The first-order chi connectivity index (χ1) is 8.81. The van der Waals surface area contributed by atoms with Crippen LogP contribution in [0.2, 0.25) is 0 Å². The van der Waals surface area contributed by atoms with E-state index < -0.39 is 0 Å². The second kappa shape index (κ2) is 4.51. The Morgan fingerprint density at radius 1 is 1.11 bits per heavy atom. The highest BCUT2D eigenvalue weighted by Crippen LogP contribution is 2.41. The molecule has 0 aromatic heterocycles. The van der Waals surface area contributed by atoms with E-state index in [1.165, 1.54) is 21.6 Å². The topological polar surface area (TPSA) is 23.8 Å². The SMILES string of the molecule is C[C@H]1c2ccccc2SCc2c(C#N)cccc21. The summed E-state index contributed by atoms with van der Waals surface area (Å²) in [5, 5.41) is 9.23. The Bertz CT molecular complexity index is 640. The molecule has 0 bridgehead atoms. The molecular formula is C16H13NS. The van der Waals surface area contributed by atoms with Crippen LogP contribution < -0.4 is 0 Å². The number of fused-ring (bicyclic) bond motifs is 2. The van der Waals surface area contributed by atoms with Gasteiger partial charge >= 0.3 is 0 Å². The van der Waals surface area contributed by atoms with Crippen LogP contribution >= 0.6 is 11.8 Å². The molecule has 0 unspecified atom stereocenters. The van der Waals surface area contributed by atoms with Crippen molar-refractivity contribution in [3.05, 3.63) is 64.7 Å². The fourth-order valence-corrected chi connectivity index (χ4v) is 3.77. The number of hydrogen-bond donors (Lipinski definition) is 0. The third-order valence-electron chi connectivity index (χ3n) is 3.56. The first kappa shape index (κ1) is 11.4. The van der Waals surface area contributed by atoms with Crippen LogP contribution in [0.4, 0.5) is 0 Å². The van der Waals surface area contributed by atoms with Gasteiger partial charge in [0, 0.05) is 16.6 Å². The predicted octanol–water partition coefficient (Wildman–Crippen LogP) is 4.32. The predicted molar refractivity (Wildman–Crippen MR) is 74.7 cm³/mol. The van der Waals surface area contributed by atoms with Crippen LogP contribution in [0.1, 0.15) is 35.1 Å². The lowest BCUT2D eigenvalue weighted by molar-refractivity contribution is 0.889. The van der Waals surface area contributed by atoms with Crippen molar-refractivity contribution in [2.75, 3.05) is 0 Å². The van der Waals surface area contributed by atoms with E-state index in [1.54, 1.807) is 0 Å². The summed E-state index contributed by atoms with van der Waals surface area (Å²) in [4.78, 5) is 1.34. The molecule has 1 nitrogen and oxygen atoms in total. The molecule has 3 rings (SSSR count). The number of nitriles is 1. The second-order valence-corrected chi connectivity index (χ2v) is 5.55. The maximum atomic E-state index is 9.23. The van der Waals surface area contributed by atoms with Gasteiger partial charge in [0.25, 0.3) is 0 Å². The van der Waals surface area contributed by atoms with Crippen molar-refractivity contribution in [3.63, 3.8) is 0 Å². The van der Waals surface area contributed by atoms with E-state index in [1.807, 2.05) is 23.9 Å². The van der Waals surface area contributed by atoms with Crippen molar-refractivity contribution < 1.29 is 0 Å². The van der Waals surface area contributed by atoms with Crippen molar-refractivity contribution >= 4 is 11.8 Å². The van der Waals surface area contributed by atoms with Crippen molar-refractivity contribution in [2.45, 2.75) is 23.5 Å². The van der Waals surface area contributed by atoms with Gasteiger partial charge in [-0.25, -0.2) is 0 Å². The lowest BCUT2D eigenvalue weighted by Gasteiger charge is -2.15. The summed E-state index contributed by atoms with van der Waals surface area (Å²) in [5.41, 5.74) is 4.69. The smallest absolute Gasteiger partial charge is 0.0994 e. The fraction of sp³-hybridized carbons (Fsp3) is 0.188. The highest BCUT2D eigenvalue weighted by molar-refractivity contribution is 7.98. The molecule has 0 saturated heterocycles. The molecule has 0 radical (unpaired) electrons. The average molecular weight is 251 g/mol. The zero-order chi connectivity index (χ0) is 12.5. The largest absolute Gasteiger partial charge is 0.192 e. The summed E-state index contributed by atoms with van der Waals surface area (Å²) in [6.45, 7) is 2.23. The first-order valence-electron chi connectivity index (χ1n) is 6.05. The van der Waals surface area contributed by atoms with Crippen LogP contribution in [-0.2, 0) is 5.75 Å². The molecule has 1 atom stereocenters. The van der Waals surface area contributed by atoms with Gasteiger partial charge in [-0.1, -0.05) is 37.3 Å². The molecule has 1 aliphatic heterocycles. The molecule has 0 N–H and O–H groups in total. The minimum Gasteiger partial charge on any atom is -0.192 e. The van der Waals surface area contributed by atoms with E-state index in [0.29, 0.717) is 5.92 Å². The molecule has 2 aromatic carbocycles. The Hall–Kier alpha value is -1.72. The van der Waals surface area contributed by atoms with Gasteiger partial charge in [-0.2, -0.15) is 5.26 Å². The average Bonchev–Trinajstić information content (AvgIpc) is 2.57. The van der Waals surface area contributed by atoms with Crippen LogP contribution in [0, 0.1) is 11.3 Å². The summed E-state index contributed by atoms with van der Waals surface area (Å²) in [6, 6.07) is 16.9. The Morgan fingerprint density at radius 3 is 2.72 bits per heavy atom. The van der Waals surface area contributed by atoms with Gasteiger partial charge in [0.05, 0.1) is 11.6 Å². The normalized spacial score (nSPS) is 17.2. The van der Waals surface area contributed by atoms with Gasteiger partial charge in [-0.3, -0.25) is 0 Å². The zero-order valence-corrected chi connectivity index (χ0v) is 11.0. The van der Waals surface area contributed by atoms with E-state index in [-0.39, 0.29) is 0 Å². The monoisotopic (exact) mass is 251 g/mol. The second-order valence-electron chi connectivity index (χ2n) is 4.53. The minimum atomic E-state index is 0.361. The third-order valence-corrected chi connectivity index (χ3v) is 4.67. The van der Waals surface area contributed by atoms with Gasteiger partial charge < -0.3 is 0 Å². The molecule has 0 aliphatic carbocycles. The molecule has 1 aliphatic rings. The summed E-state index contributed by atoms with van der Waals surface area (Å²) >= 11 is 1.83. The molecule has 2 heteroatoms. The summed E-state index contributed by atoms with van der Waals surface area (Å²) in [7, 11) is 0. The van der Waals surface area contributed by atoms with Crippen molar-refractivity contribution in [1.29, 1.82) is 5.26 Å². The Kier molecular flexibility index (Phi) is 2.85. The lowest BCUT2D eigenvalue weighted by atomic mass is 9.88. The molecule has 0 fully saturated rings. The quantitative estimate of drug-likeness (QED) is 0.696. The van der Waals surface area contributed by atoms with Crippen LogP contribution in [-0.4, -0.2) is 0 Å². The number of nitrogens with zero attached hydrogens (tertiary/aromatic N) is 1. The molecule has 0 saturated carbocycles. The molecule has 2 aromatic rings. The summed E-state index contributed by atoms with van der Waals surface area (Å²) < 4.78 is 0. The zero-order valence-electron chi connectivity index (χ0n) is 10.2. The van der Waals surface area contributed by atoms with E-state index in [9.17, 15) is 5.26 Å². The van der Waals surface area contributed by atoms with Gasteiger partial charge in [0.15, 0.2) is 0 Å². The van der Waals surface area contributed by atoms with Crippen molar-refractivity contribution in [1.82, 2.24) is 0 Å².